The van der Waals surface area contributed by atoms with Crippen molar-refractivity contribution in [1.82, 2.24) is 0 Å². The van der Waals surface area contributed by atoms with Gasteiger partial charge in [0.15, 0.2) is 0 Å². The zero-order chi connectivity index (χ0) is 13.0. The maximum atomic E-state index is 4.27. The zero-order valence-corrected chi connectivity index (χ0v) is 11.4. The molecule has 0 bridgehead atoms. The number of fused-ring (bicyclic) bond motifs is 4. The minimum atomic E-state index is 0.321. The van der Waals surface area contributed by atoms with E-state index in [0.717, 1.165) is 6.42 Å². The molecule has 2 aliphatic rings. The van der Waals surface area contributed by atoms with Crippen LogP contribution in [0.4, 0.5) is 0 Å². The van der Waals surface area contributed by atoms with E-state index >= 15 is 0 Å². The third-order valence-electron chi connectivity index (χ3n) is 4.75. The molecule has 0 aromatic heterocycles. The summed E-state index contributed by atoms with van der Waals surface area (Å²) in [4.78, 5) is 0. The van der Waals surface area contributed by atoms with E-state index in [0.29, 0.717) is 5.41 Å². The SMILES string of the molecule is C=c1cccc2ccc3c(c12)C1(C=CC=3CC)CC1. The first-order valence-electron chi connectivity index (χ1n) is 7.19. The van der Waals surface area contributed by atoms with Gasteiger partial charge in [0.25, 0.3) is 0 Å². The molecule has 4 rings (SSSR count). The van der Waals surface area contributed by atoms with Crippen LogP contribution in [-0.2, 0) is 5.41 Å². The highest BCUT2D eigenvalue weighted by molar-refractivity contribution is 5.90. The second kappa shape index (κ2) is 3.60. The Hall–Kier alpha value is -1.82. The summed E-state index contributed by atoms with van der Waals surface area (Å²) in [6, 6.07) is 11.0. The molecular weight excluding hydrogens is 228 g/mol. The number of hydrogen-bond acceptors (Lipinski definition) is 0. The molecule has 0 nitrogen and oxygen atoms in total. The Labute approximate surface area is 113 Å². The minimum Gasteiger partial charge on any atom is -0.0911 e. The second-order valence-electron chi connectivity index (χ2n) is 5.87. The summed E-state index contributed by atoms with van der Waals surface area (Å²) in [7, 11) is 0. The number of rotatable bonds is 1. The largest absolute Gasteiger partial charge is 0.0911 e. The molecule has 0 saturated heterocycles. The van der Waals surface area contributed by atoms with Crippen LogP contribution >= 0.6 is 0 Å². The van der Waals surface area contributed by atoms with E-state index in [9.17, 15) is 0 Å². The van der Waals surface area contributed by atoms with E-state index in [1.54, 1.807) is 5.56 Å². The first-order chi connectivity index (χ1) is 9.25. The summed E-state index contributed by atoms with van der Waals surface area (Å²) in [5.74, 6) is 0. The van der Waals surface area contributed by atoms with Crippen LogP contribution in [-0.4, -0.2) is 0 Å². The average molecular weight is 246 g/mol. The molecule has 0 radical (unpaired) electrons. The quantitative estimate of drug-likeness (QED) is 0.723. The van der Waals surface area contributed by atoms with E-state index in [4.69, 9.17) is 0 Å². The molecule has 2 aliphatic carbocycles. The Morgan fingerprint density at radius 1 is 1.16 bits per heavy atom. The zero-order valence-electron chi connectivity index (χ0n) is 11.4. The van der Waals surface area contributed by atoms with Gasteiger partial charge in [0.1, 0.15) is 0 Å². The molecule has 2 aromatic carbocycles. The molecule has 0 N–H and O–H groups in total. The number of benzene rings is 2. The van der Waals surface area contributed by atoms with Gasteiger partial charge in [0, 0.05) is 5.41 Å². The lowest BCUT2D eigenvalue weighted by Gasteiger charge is -2.21. The van der Waals surface area contributed by atoms with Crippen molar-refractivity contribution in [1.29, 1.82) is 0 Å². The number of hydrogen-bond donors (Lipinski definition) is 0. The van der Waals surface area contributed by atoms with Gasteiger partial charge in [-0.2, -0.15) is 0 Å². The maximum Gasteiger partial charge on any atom is 0.0148 e. The van der Waals surface area contributed by atoms with E-state index in [-0.39, 0.29) is 0 Å². The van der Waals surface area contributed by atoms with Gasteiger partial charge >= 0.3 is 0 Å². The van der Waals surface area contributed by atoms with Crippen LogP contribution in [0, 0.1) is 0 Å². The summed E-state index contributed by atoms with van der Waals surface area (Å²) in [5, 5.41) is 5.37. The fourth-order valence-corrected chi connectivity index (χ4v) is 3.53. The van der Waals surface area contributed by atoms with Crippen LogP contribution in [0.2, 0.25) is 0 Å². The average Bonchev–Trinajstić information content (AvgIpc) is 3.20. The van der Waals surface area contributed by atoms with Crippen LogP contribution in [0.25, 0.3) is 22.9 Å². The third kappa shape index (κ3) is 1.40. The predicted octanol–water partition coefficient (Wildman–Crippen LogP) is 3.41. The minimum absolute atomic E-state index is 0.321. The van der Waals surface area contributed by atoms with Crippen molar-refractivity contribution in [2.24, 2.45) is 0 Å². The lowest BCUT2D eigenvalue weighted by Crippen LogP contribution is -2.25. The molecule has 19 heavy (non-hydrogen) atoms. The molecule has 2 aromatic rings. The molecule has 0 atom stereocenters. The van der Waals surface area contributed by atoms with Gasteiger partial charge in [-0.1, -0.05) is 56.0 Å². The van der Waals surface area contributed by atoms with Crippen molar-refractivity contribution < 1.29 is 0 Å². The lowest BCUT2D eigenvalue weighted by atomic mass is 9.82. The molecule has 0 aliphatic heterocycles. The topological polar surface area (TPSA) is 0 Å². The highest BCUT2D eigenvalue weighted by atomic mass is 14.5. The van der Waals surface area contributed by atoms with Gasteiger partial charge in [-0.25, -0.2) is 0 Å². The van der Waals surface area contributed by atoms with Gasteiger partial charge < -0.3 is 0 Å². The van der Waals surface area contributed by atoms with Crippen molar-refractivity contribution in [3.8, 4) is 0 Å². The van der Waals surface area contributed by atoms with Crippen molar-refractivity contribution >= 4 is 22.9 Å². The monoisotopic (exact) mass is 246 g/mol. The first kappa shape index (κ1) is 11.0. The fourth-order valence-electron chi connectivity index (χ4n) is 3.53. The molecule has 94 valence electrons. The van der Waals surface area contributed by atoms with Crippen molar-refractivity contribution in [3.05, 3.63) is 58.5 Å². The maximum absolute atomic E-state index is 4.27. The summed E-state index contributed by atoms with van der Waals surface area (Å²) in [6.45, 7) is 6.51. The molecule has 0 amide bonds. The Morgan fingerprint density at radius 2 is 2.00 bits per heavy atom. The Kier molecular flexibility index (Phi) is 2.09. The van der Waals surface area contributed by atoms with E-state index in [2.05, 4.69) is 56.0 Å². The van der Waals surface area contributed by atoms with E-state index < -0.39 is 0 Å². The van der Waals surface area contributed by atoms with Crippen molar-refractivity contribution in [2.45, 2.75) is 31.6 Å². The van der Waals surface area contributed by atoms with Gasteiger partial charge in [-0.3, -0.25) is 0 Å². The van der Waals surface area contributed by atoms with Gasteiger partial charge in [-0.05, 0) is 51.6 Å². The van der Waals surface area contributed by atoms with Crippen LogP contribution in [0.3, 0.4) is 0 Å². The Morgan fingerprint density at radius 3 is 2.74 bits per heavy atom. The first-order valence-corrected chi connectivity index (χ1v) is 7.19. The van der Waals surface area contributed by atoms with E-state index in [1.807, 2.05) is 0 Å². The summed E-state index contributed by atoms with van der Waals surface area (Å²) < 4.78 is 0. The van der Waals surface area contributed by atoms with Crippen LogP contribution in [0.1, 0.15) is 31.7 Å². The van der Waals surface area contributed by atoms with E-state index in [1.165, 1.54) is 39.6 Å². The normalized spacial score (nSPS) is 18.9. The number of allylic oxidation sites excluding steroid dienone is 2. The molecule has 1 saturated carbocycles. The third-order valence-corrected chi connectivity index (χ3v) is 4.75. The molecular formula is C19H18. The molecule has 1 fully saturated rings. The second-order valence-corrected chi connectivity index (χ2v) is 5.87. The van der Waals surface area contributed by atoms with Crippen molar-refractivity contribution in [3.63, 3.8) is 0 Å². The Bertz CT molecular complexity index is 817. The summed E-state index contributed by atoms with van der Waals surface area (Å²) in [5.41, 5.74) is 3.34. The molecule has 1 spiro atoms. The van der Waals surface area contributed by atoms with Gasteiger partial charge in [-0.15, -0.1) is 0 Å². The van der Waals surface area contributed by atoms with Gasteiger partial charge in [0.2, 0.25) is 0 Å². The van der Waals surface area contributed by atoms with Crippen LogP contribution in [0.15, 0.2) is 42.5 Å². The lowest BCUT2D eigenvalue weighted by molar-refractivity contribution is 0.880. The summed E-state index contributed by atoms with van der Waals surface area (Å²) in [6.07, 6.45) is 8.49. The summed E-state index contributed by atoms with van der Waals surface area (Å²) >= 11 is 0. The standard InChI is InChI=1S/C19H18/c1-3-14-9-10-19(11-12-19)18-16(14)8-7-15-6-4-5-13(2)17(15)18/h4-10H,2-3,11-12H2,1H3. The van der Waals surface area contributed by atoms with Crippen molar-refractivity contribution in [2.75, 3.05) is 0 Å². The molecule has 0 heteroatoms. The fraction of sp³-hybridized carbons (Fsp3) is 0.263. The highest BCUT2D eigenvalue weighted by Crippen LogP contribution is 2.51. The smallest absolute Gasteiger partial charge is 0.0148 e. The van der Waals surface area contributed by atoms with Crippen LogP contribution in [0.5, 0.6) is 0 Å². The Balaban J connectivity index is 2.27. The highest BCUT2D eigenvalue weighted by Gasteiger charge is 2.44. The molecule has 0 heterocycles. The van der Waals surface area contributed by atoms with Crippen LogP contribution < -0.4 is 10.4 Å². The van der Waals surface area contributed by atoms with Gasteiger partial charge in [0.05, 0.1) is 0 Å². The predicted molar refractivity (Wildman–Crippen MR) is 82.5 cm³/mol. The molecule has 0 unspecified atom stereocenters.